The van der Waals surface area contributed by atoms with Crippen molar-refractivity contribution < 1.29 is 4.92 Å². The normalized spacial score (nSPS) is 17.1. The van der Waals surface area contributed by atoms with Crippen LogP contribution in [0.25, 0.3) is 0 Å². The molecular weight excluding hydrogens is 144 g/mol. The SMILES string of the molecule is CCC1=NCC(C)=C1[N+](=O)[O-]. The van der Waals surface area contributed by atoms with Gasteiger partial charge in [-0.15, -0.1) is 0 Å². The Balaban J connectivity index is 2.96. The van der Waals surface area contributed by atoms with Gasteiger partial charge in [0.25, 0.3) is 5.70 Å². The molecule has 0 fully saturated rings. The minimum absolute atomic E-state index is 0.229. The first kappa shape index (κ1) is 7.91. The van der Waals surface area contributed by atoms with E-state index in [1.807, 2.05) is 6.92 Å². The van der Waals surface area contributed by atoms with Crippen molar-refractivity contribution >= 4 is 5.71 Å². The standard InChI is InChI=1S/C7H10N2O2/c1-3-6-7(9(10)11)5(2)4-8-6/h3-4H2,1-2H3. The van der Waals surface area contributed by atoms with Crippen molar-refractivity contribution in [2.75, 3.05) is 6.54 Å². The van der Waals surface area contributed by atoms with Crippen LogP contribution in [-0.2, 0) is 0 Å². The van der Waals surface area contributed by atoms with Crippen LogP contribution in [0.4, 0.5) is 0 Å². The Kier molecular flexibility index (Phi) is 2.03. The molecule has 4 heteroatoms. The molecule has 1 heterocycles. The highest BCUT2D eigenvalue weighted by Gasteiger charge is 2.25. The molecule has 11 heavy (non-hydrogen) atoms. The van der Waals surface area contributed by atoms with Gasteiger partial charge in [0, 0.05) is 5.57 Å². The van der Waals surface area contributed by atoms with E-state index >= 15 is 0 Å². The Hall–Kier alpha value is -1.19. The lowest BCUT2D eigenvalue weighted by Crippen LogP contribution is -2.08. The lowest BCUT2D eigenvalue weighted by Gasteiger charge is -1.94. The molecule has 0 amide bonds. The van der Waals surface area contributed by atoms with Crippen LogP contribution in [0.2, 0.25) is 0 Å². The minimum atomic E-state index is -0.343. The summed E-state index contributed by atoms with van der Waals surface area (Å²) >= 11 is 0. The molecule has 0 unspecified atom stereocenters. The van der Waals surface area contributed by atoms with Crippen LogP contribution >= 0.6 is 0 Å². The molecule has 4 nitrogen and oxygen atoms in total. The average Bonchev–Trinajstić information content (AvgIpc) is 2.30. The van der Waals surface area contributed by atoms with Gasteiger partial charge in [0.2, 0.25) is 0 Å². The lowest BCUT2D eigenvalue weighted by molar-refractivity contribution is -0.415. The number of aliphatic imine (C=N–C) groups is 1. The smallest absolute Gasteiger partial charge is 0.278 e. The summed E-state index contributed by atoms with van der Waals surface area (Å²) in [4.78, 5) is 14.1. The van der Waals surface area contributed by atoms with Crippen molar-refractivity contribution in [2.24, 2.45) is 4.99 Å². The van der Waals surface area contributed by atoms with E-state index < -0.39 is 0 Å². The molecule has 0 saturated carbocycles. The summed E-state index contributed by atoms with van der Waals surface area (Å²) in [6.45, 7) is 4.13. The summed E-state index contributed by atoms with van der Waals surface area (Å²) in [7, 11) is 0. The zero-order valence-corrected chi connectivity index (χ0v) is 6.63. The van der Waals surface area contributed by atoms with Gasteiger partial charge in [0.15, 0.2) is 0 Å². The zero-order valence-electron chi connectivity index (χ0n) is 6.63. The van der Waals surface area contributed by atoms with Crippen molar-refractivity contribution in [3.8, 4) is 0 Å². The number of hydrogen-bond donors (Lipinski definition) is 0. The third-order valence-electron chi connectivity index (χ3n) is 1.70. The van der Waals surface area contributed by atoms with Crippen LogP contribution in [0.5, 0.6) is 0 Å². The lowest BCUT2D eigenvalue weighted by atomic mass is 10.2. The molecule has 1 aliphatic rings. The molecule has 0 bridgehead atoms. The summed E-state index contributed by atoms with van der Waals surface area (Å²) in [5.74, 6) is 0. The largest absolute Gasteiger partial charge is 0.290 e. The van der Waals surface area contributed by atoms with Crippen LogP contribution in [0.15, 0.2) is 16.3 Å². The van der Waals surface area contributed by atoms with Gasteiger partial charge in [-0.25, -0.2) is 0 Å². The summed E-state index contributed by atoms with van der Waals surface area (Å²) in [6.07, 6.45) is 0.646. The molecular formula is C7H10N2O2. The van der Waals surface area contributed by atoms with E-state index in [1.165, 1.54) is 0 Å². The Bertz CT molecular complexity index is 253. The highest BCUT2D eigenvalue weighted by atomic mass is 16.6. The number of nitro groups is 1. The number of nitrogens with zero attached hydrogens (tertiary/aromatic N) is 2. The first-order chi connectivity index (χ1) is 5.16. The first-order valence-electron chi connectivity index (χ1n) is 3.54. The Labute approximate surface area is 64.8 Å². The molecule has 0 atom stereocenters. The molecule has 0 aromatic heterocycles. The summed E-state index contributed by atoms with van der Waals surface area (Å²) < 4.78 is 0. The quantitative estimate of drug-likeness (QED) is 0.446. The van der Waals surface area contributed by atoms with Crippen molar-refractivity contribution in [1.29, 1.82) is 0 Å². The second-order valence-electron chi connectivity index (χ2n) is 2.50. The van der Waals surface area contributed by atoms with Gasteiger partial charge in [-0.2, -0.15) is 0 Å². The third kappa shape index (κ3) is 1.29. The molecule has 1 aliphatic heterocycles. The van der Waals surface area contributed by atoms with Gasteiger partial charge in [0.1, 0.15) is 5.71 Å². The van der Waals surface area contributed by atoms with Gasteiger partial charge in [-0.3, -0.25) is 15.1 Å². The highest BCUT2D eigenvalue weighted by Crippen LogP contribution is 2.16. The van der Waals surface area contributed by atoms with Gasteiger partial charge < -0.3 is 0 Å². The minimum Gasteiger partial charge on any atom is -0.278 e. The second kappa shape index (κ2) is 2.82. The van der Waals surface area contributed by atoms with E-state index in [0.717, 1.165) is 5.57 Å². The first-order valence-corrected chi connectivity index (χ1v) is 3.54. The van der Waals surface area contributed by atoms with E-state index in [9.17, 15) is 10.1 Å². The van der Waals surface area contributed by atoms with Crippen LogP contribution in [0.1, 0.15) is 20.3 Å². The molecule has 1 rings (SSSR count). The van der Waals surface area contributed by atoms with E-state index in [4.69, 9.17) is 0 Å². The maximum absolute atomic E-state index is 10.4. The Morgan fingerprint density at radius 3 is 2.73 bits per heavy atom. The molecule has 0 aliphatic carbocycles. The van der Waals surface area contributed by atoms with Crippen molar-refractivity contribution in [2.45, 2.75) is 20.3 Å². The predicted octanol–water partition coefficient (Wildman–Crippen LogP) is 1.40. The highest BCUT2D eigenvalue weighted by molar-refractivity contribution is 6.00. The fourth-order valence-corrected chi connectivity index (χ4v) is 1.15. The summed E-state index contributed by atoms with van der Waals surface area (Å²) in [5, 5.41) is 10.4. The van der Waals surface area contributed by atoms with Gasteiger partial charge >= 0.3 is 0 Å². The van der Waals surface area contributed by atoms with Gasteiger partial charge in [-0.1, -0.05) is 6.92 Å². The van der Waals surface area contributed by atoms with Crippen molar-refractivity contribution in [1.82, 2.24) is 0 Å². The topological polar surface area (TPSA) is 55.5 Å². The molecule has 0 saturated heterocycles. The third-order valence-corrected chi connectivity index (χ3v) is 1.70. The van der Waals surface area contributed by atoms with Crippen LogP contribution in [0, 0.1) is 10.1 Å². The average molecular weight is 154 g/mol. The Morgan fingerprint density at radius 1 is 1.73 bits per heavy atom. The van der Waals surface area contributed by atoms with Crippen LogP contribution in [0.3, 0.4) is 0 Å². The number of allylic oxidation sites excluding steroid dienone is 1. The number of rotatable bonds is 2. The van der Waals surface area contributed by atoms with E-state index in [-0.39, 0.29) is 10.6 Å². The second-order valence-corrected chi connectivity index (χ2v) is 2.50. The molecule has 0 aromatic carbocycles. The van der Waals surface area contributed by atoms with Crippen LogP contribution < -0.4 is 0 Å². The molecule has 0 N–H and O–H groups in total. The van der Waals surface area contributed by atoms with Crippen LogP contribution in [-0.4, -0.2) is 17.2 Å². The summed E-state index contributed by atoms with van der Waals surface area (Å²) in [6, 6.07) is 0. The molecule has 0 spiro atoms. The predicted molar refractivity (Wildman–Crippen MR) is 42.3 cm³/mol. The van der Waals surface area contributed by atoms with Crippen molar-refractivity contribution in [3.05, 3.63) is 21.4 Å². The van der Waals surface area contributed by atoms with E-state index in [1.54, 1.807) is 6.92 Å². The summed E-state index contributed by atoms with van der Waals surface area (Å²) in [5.41, 5.74) is 1.63. The Morgan fingerprint density at radius 2 is 2.36 bits per heavy atom. The van der Waals surface area contributed by atoms with Gasteiger partial charge in [-0.05, 0) is 13.3 Å². The maximum atomic E-state index is 10.4. The van der Waals surface area contributed by atoms with Crippen molar-refractivity contribution in [3.63, 3.8) is 0 Å². The van der Waals surface area contributed by atoms with E-state index in [2.05, 4.69) is 4.99 Å². The molecule has 0 radical (unpaired) electrons. The molecule has 60 valence electrons. The zero-order chi connectivity index (χ0) is 8.43. The number of hydrogen-bond acceptors (Lipinski definition) is 3. The van der Waals surface area contributed by atoms with Gasteiger partial charge in [0.05, 0.1) is 11.5 Å². The molecule has 0 aromatic rings. The van der Waals surface area contributed by atoms with E-state index in [0.29, 0.717) is 18.7 Å². The maximum Gasteiger partial charge on any atom is 0.290 e. The fraction of sp³-hybridized carbons (Fsp3) is 0.571. The monoisotopic (exact) mass is 154 g/mol. The fourth-order valence-electron chi connectivity index (χ4n) is 1.15.